The van der Waals surface area contributed by atoms with E-state index in [1.54, 1.807) is 4.68 Å². The number of hydrogen-bond donors (Lipinski definition) is 1. The van der Waals surface area contributed by atoms with Gasteiger partial charge in [0.05, 0.1) is 17.1 Å². The zero-order valence-corrected chi connectivity index (χ0v) is 12.0. The zero-order chi connectivity index (χ0) is 14.7. The number of benzene rings is 1. The van der Waals surface area contributed by atoms with E-state index in [9.17, 15) is 4.79 Å². The SMILES string of the molecule is Cc1ccccc1COC(=O)Cn1nc(C)c(N)c1C. The van der Waals surface area contributed by atoms with Gasteiger partial charge in [-0.25, -0.2) is 0 Å². The minimum absolute atomic E-state index is 0.0791. The van der Waals surface area contributed by atoms with Crippen LogP contribution in [0, 0.1) is 20.8 Å². The van der Waals surface area contributed by atoms with Crippen molar-refractivity contribution in [2.24, 2.45) is 0 Å². The first-order valence-corrected chi connectivity index (χ1v) is 6.48. The van der Waals surface area contributed by atoms with Crippen LogP contribution in [-0.2, 0) is 22.7 Å². The molecule has 0 saturated carbocycles. The molecule has 0 spiro atoms. The summed E-state index contributed by atoms with van der Waals surface area (Å²) < 4.78 is 6.85. The largest absolute Gasteiger partial charge is 0.459 e. The highest BCUT2D eigenvalue weighted by atomic mass is 16.5. The maximum absolute atomic E-state index is 11.8. The molecular weight excluding hydrogens is 254 g/mol. The molecule has 0 saturated heterocycles. The fourth-order valence-electron chi connectivity index (χ4n) is 1.96. The minimum Gasteiger partial charge on any atom is -0.459 e. The Balaban J connectivity index is 1.96. The predicted molar refractivity (Wildman–Crippen MR) is 77.1 cm³/mol. The van der Waals surface area contributed by atoms with Crippen molar-refractivity contribution in [2.75, 3.05) is 5.73 Å². The molecule has 2 N–H and O–H groups in total. The van der Waals surface area contributed by atoms with Gasteiger partial charge in [-0.15, -0.1) is 0 Å². The predicted octanol–water partition coefficient (Wildman–Crippen LogP) is 2.13. The Bertz CT molecular complexity index is 632. The Morgan fingerprint density at radius 2 is 2.00 bits per heavy atom. The molecule has 0 aliphatic carbocycles. The number of aryl methyl sites for hydroxylation is 2. The number of hydrogen-bond acceptors (Lipinski definition) is 4. The second kappa shape index (κ2) is 5.77. The van der Waals surface area contributed by atoms with Crippen LogP contribution in [0.5, 0.6) is 0 Å². The summed E-state index contributed by atoms with van der Waals surface area (Å²) in [5.74, 6) is -0.321. The molecule has 5 nitrogen and oxygen atoms in total. The van der Waals surface area contributed by atoms with E-state index in [0.717, 1.165) is 22.5 Å². The number of rotatable bonds is 4. The van der Waals surface area contributed by atoms with Crippen LogP contribution in [0.1, 0.15) is 22.5 Å². The third-order valence-electron chi connectivity index (χ3n) is 3.37. The van der Waals surface area contributed by atoms with Crippen LogP contribution >= 0.6 is 0 Å². The highest BCUT2D eigenvalue weighted by Crippen LogP contribution is 2.15. The van der Waals surface area contributed by atoms with E-state index in [-0.39, 0.29) is 19.1 Å². The van der Waals surface area contributed by atoms with E-state index in [0.29, 0.717) is 5.69 Å². The molecule has 5 heteroatoms. The number of carbonyl (C=O) groups is 1. The van der Waals surface area contributed by atoms with Crippen molar-refractivity contribution in [3.8, 4) is 0 Å². The molecule has 0 bridgehead atoms. The Morgan fingerprint density at radius 3 is 2.60 bits per heavy atom. The summed E-state index contributed by atoms with van der Waals surface area (Å²) in [7, 11) is 0. The Hall–Kier alpha value is -2.30. The van der Waals surface area contributed by atoms with Gasteiger partial charge < -0.3 is 10.5 Å². The van der Waals surface area contributed by atoms with Gasteiger partial charge in [0.1, 0.15) is 13.2 Å². The third kappa shape index (κ3) is 2.99. The first-order chi connectivity index (χ1) is 9.49. The summed E-state index contributed by atoms with van der Waals surface area (Å²) in [4.78, 5) is 11.8. The van der Waals surface area contributed by atoms with Gasteiger partial charge in [0, 0.05) is 0 Å². The molecule has 0 aliphatic rings. The molecule has 1 aromatic carbocycles. The van der Waals surface area contributed by atoms with Crippen molar-refractivity contribution in [3.63, 3.8) is 0 Å². The monoisotopic (exact) mass is 273 g/mol. The third-order valence-corrected chi connectivity index (χ3v) is 3.37. The molecule has 1 aromatic heterocycles. The Morgan fingerprint density at radius 1 is 1.30 bits per heavy atom. The first-order valence-electron chi connectivity index (χ1n) is 6.48. The summed E-state index contributed by atoms with van der Waals surface area (Å²) in [5.41, 5.74) is 10.1. The van der Waals surface area contributed by atoms with Crippen LogP contribution in [0.2, 0.25) is 0 Å². The fourth-order valence-corrected chi connectivity index (χ4v) is 1.96. The van der Waals surface area contributed by atoms with Crippen molar-refractivity contribution in [3.05, 3.63) is 46.8 Å². The molecule has 106 valence electrons. The van der Waals surface area contributed by atoms with E-state index in [1.807, 2.05) is 45.0 Å². The van der Waals surface area contributed by atoms with Crippen LogP contribution in [0.15, 0.2) is 24.3 Å². The summed E-state index contributed by atoms with van der Waals surface area (Å²) >= 11 is 0. The zero-order valence-electron chi connectivity index (χ0n) is 12.0. The first kappa shape index (κ1) is 14.1. The quantitative estimate of drug-likeness (QED) is 0.866. The highest BCUT2D eigenvalue weighted by molar-refractivity contribution is 5.69. The summed E-state index contributed by atoms with van der Waals surface area (Å²) in [5, 5.41) is 4.21. The van der Waals surface area contributed by atoms with Gasteiger partial charge >= 0.3 is 5.97 Å². The lowest BCUT2D eigenvalue weighted by atomic mass is 10.1. The van der Waals surface area contributed by atoms with E-state index in [1.165, 1.54) is 0 Å². The normalized spacial score (nSPS) is 10.6. The standard InChI is InChI=1S/C15H19N3O2/c1-10-6-4-5-7-13(10)9-20-14(19)8-18-12(3)15(16)11(2)17-18/h4-7H,8-9,16H2,1-3H3. The number of nitrogens with zero attached hydrogens (tertiary/aromatic N) is 2. The van der Waals surface area contributed by atoms with Crippen molar-refractivity contribution < 1.29 is 9.53 Å². The summed E-state index contributed by atoms with van der Waals surface area (Å²) in [6.07, 6.45) is 0. The molecule has 1 heterocycles. The lowest BCUT2D eigenvalue weighted by Gasteiger charge is -2.08. The number of nitrogens with two attached hydrogens (primary N) is 1. The highest BCUT2D eigenvalue weighted by Gasteiger charge is 2.12. The second-order valence-electron chi connectivity index (χ2n) is 4.83. The number of anilines is 1. The number of aromatic nitrogens is 2. The molecule has 0 amide bonds. The van der Waals surface area contributed by atoms with Crippen molar-refractivity contribution in [1.29, 1.82) is 0 Å². The number of nitrogen functional groups attached to an aromatic ring is 1. The topological polar surface area (TPSA) is 70.1 Å². The fraction of sp³-hybridized carbons (Fsp3) is 0.333. The van der Waals surface area contributed by atoms with Crippen LogP contribution in [-0.4, -0.2) is 15.7 Å². The van der Waals surface area contributed by atoms with Crippen LogP contribution < -0.4 is 5.73 Å². The molecule has 0 unspecified atom stereocenters. The lowest BCUT2D eigenvalue weighted by Crippen LogP contribution is -2.16. The average molecular weight is 273 g/mol. The van der Waals surface area contributed by atoms with Crippen molar-refractivity contribution in [2.45, 2.75) is 33.9 Å². The van der Waals surface area contributed by atoms with Crippen LogP contribution in [0.25, 0.3) is 0 Å². The molecular formula is C15H19N3O2. The van der Waals surface area contributed by atoms with E-state index < -0.39 is 0 Å². The van der Waals surface area contributed by atoms with Gasteiger partial charge in [-0.2, -0.15) is 5.10 Å². The van der Waals surface area contributed by atoms with E-state index in [4.69, 9.17) is 10.5 Å². The van der Waals surface area contributed by atoms with Gasteiger partial charge in [-0.05, 0) is 31.9 Å². The van der Waals surface area contributed by atoms with E-state index in [2.05, 4.69) is 5.10 Å². The van der Waals surface area contributed by atoms with Crippen molar-refractivity contribution >= 4 is 11.7 Å². The van der Waals surface area contributed by atoms with Gasteiger partial charge in [0.15, 0.2) is 0 Å². The molecule has 2 rings (SSSR count). The van der Waals surface area contributed by atoms with Crippen LogP contribution in [0.4, 0.5) is 5.69 Å². The van der Waals surface area contributed by atoms with Crippen molar-refractivity contribution in [1.82, 2.24) is 9.78 Å². The molecule has 0 atom stereocenters. The second-order valence-corrected chi connectivity index (χ2v) is 4.83. The smallest absolute Gasteiger partial charge is 0.328 e. The lowest BCUT2D eigenvalue weighted by molar-refractivity contribution is -0.145. The molecule has 0 radical (unpaired) electrons. The van der Waals surface area contributed by atoms with Gasteiger partial charge in [0.25, 0.3) is 0 Å². The number of esters is 1. The maximum atomic E-state index is 11.8. The van der Waals surface area contributed by atoms with Gasteiger partial charge in [-0.3, -0.25) is 9.48 Å². The van der Waals surface area contributed by atoms with Gasteiger partial charge in [0.2, 0.25) is 0 Å². The van der Waals surface area contributed by atoms with Gasteiger partial charge in [-0.1, -0.05) is 24.3 Å². The minimum atomic E-state index is -0.321. The molecule has 2 aromatic rings. The molecule has 0 fully saturated rings. The molecule has 20 heavy (non-hydrogen) atoms. The molecule has 0 aliphatic heterocycles. The number of carbonyl (C=O) groups excluding carboxylic acids is 1. The van der Waals surface area contributed by atoms with E-state index >= 15 is 0 Å². The summed E-state index contributed by atoms with van der Waals surface area (Å²) in [6, 6.07) is 7.83. The Labute approximate surface area is 118 Å². The number of ether oxygens (including phenoxy) is 1. The maximum Gasteiger partial charge on any atom is 0.328 e. The average Bonchev–Trinajstić information content (AvgIpc) is 2.65. The Kier molecular flexibility index (Phi) is 4.08. The summed E-state index contributed by atoms with van der Waals surface area (Å²) in [6.45, 7) is 6.00. The van der Waals surface area contributed by atoms with Crippen LogP contribution in [0.3, 0.4) is 0 Å².